The summed E-state index contributed by atoms with van der Waals surface area (Å²) < 4.78 is 1.18. The molecule has 1 atom stereocenters. The van der Waals surface area contributed by atoms with Crippen molar-refractivity contribution >= 4 is 33.2 Å². The van der Waals surface area contributed by atoms with Gasteiger partial charge in [0.1, 0.15) is 17.7 Å². The Morgan fingerprint density at radius 3 is 2.74 bits per heavy atom. The number of amides is 2. The molecule has 7 nitrogen and oxygen atoms in total. The molecule has 1 aliphatic rings. The predicted octanol–water partition coefficient (Wildman–Crippen LogP) is 4.22. The number of rotatable bonds is 5. The number of carbonyl (C=O) groups excluding carboxylic acids is 2. The monoisotopic (exact) mass is 467 g/mol. The Hall–Kier alpha value is -4.09. The second kappa shape index (κ2) is 9.04. The van der Waals surface area contributed by atoms with E-state index in [2.05, 4.69) is 51.8 Å². The van der Waals surface area contributed by atoms with Crippen molar-refractivity contribution in [2.75, 3.05) is 0 Å². The Bertz CT molecular complexity index is 1470. The molecule has 34 heavy (non-hydrogen) atoms. The molecule has 0 saturated heterocycles. The average Bonchev–Trinajstić information content (AvgIpc) is 3.43. The maximum absolute atomic E-state index is 12.8. The molecule has 5 rings (SSSR count). The quantitative estimate of drug-likeness (QED) is 0.457. The number of benzene rings is 2. The van der Waals surface area contributed by atoms with Crippen molar-refractivity contribution in [1.82, 2.24) is 20.6 Å². The largest absolute Gasteiger partial charge is 0.347 e. The van der Waals surface area contributed by atoms with Crippen molar-refractivity contribution in [2.45, 2.75) is 32.4 Å². The minimum atomic E-state index is -0.367. The highest BCUT2D eigenvalue weighted by Gasteiger charge is 2.25. The first-order valence-electron chi connectivity index (χ1n) is 10.9. The van der Waals surface area contributed by atoms with Gasteiger partial charge in [-0.25, -0.2) is 9.97 Å². The van der Waals surface area contributed by atoms with E-state index in [1.54, 1.807) is 17.4 Å². The Balaban J connectivity index is 1.24. The first-order valence-corrected chi connectivity index (χ1v) is 11.7. The lowest BCUT2D eigenvalue weighted by Crippen LogP contribution is -2.29. The van der Waals surface area contributed by atoms with Crippen LogP contribution in [0.15, 0.2) is 54.9 Å². The van der Waals surface area contributed by atoms with Gasteiger partial charge in [0, 0.05) is 22.2 Å². The van der Waals surface area contributed by atoms with Gasteiger partial charge < -0.3 is 10.6 Å². The molecule has 0 radical (unpaired) electrons. The van der Waals surface area contributed by atoms with Gasteiger partial charge in [0.25, 0.3) is 11.8 Å². The van der Waals surface area contributed by atoms with Crippen LogP contribution in [0.1, 0.15) is 60.6 Å². The van der Waals surface area contributed by atoms with Crippen LogP contribution in [0.5, 0.6) is 0 Å². The fraction of sp³-hybridized carbons (Fsp3) is 0.192. The molecule has 0 bridgehead atoms. The minimum Gasteiger partial charge on any atom is -0.347 e. The van der Waals surface area contributed by atoms with Crippen LogP contribution in [-0.4, -0.2) is 21.8 Å². The number of fused-ring (bicyclic) bond motifs is 2. The Labute approximate surface area is 200 Å². The van der Waals surface area contributed by atoms with E-state index < -0.39 is 0 Å². The summed E-state index contributed by atoms with van der Waals surface area (Å²) in [6, 6.07) is 17.2. The highest BCUT2D eigenvalue weighted by atomic mass is 32.1. The molecule has 1 aliphatic carbocycles. The van der Waals surface area contributed by atoms with Crippen LogP contribution >= 0.6 is 11.3 Å². The number of carbonyl (C=O) groups is 2. The molecule has 2 N–H and O–H groups in total. The van der Waals surface area contributed by atoms with Crippen molar-refractivity contribution in [1.29, 1.82) is 5.26 Å². The Morgan fingerprint density at radius 2 is 1.91 bits per heavy atom. The van der Waals surface area contributed by atoms with Crippen LogP contribution in [-0.2, 0) is 13.0 Å². The van der Waals surface area contributed by atoms with E-state index in [1.807, 2.05) is 18.2 Å². The summed E-state index contributed by atoms with van der Waals surface area (Å²) in [5.74, 6) is -0.730. The van der Waals surface area contributed by atoms with E-state index in [4.69, 9.17) is 5.26 Å². The SMILES string of the molecule is Cc1cc2ccc(CNC(=O)c3cc(C(=O)N[C@@H]4CCc5cc(C#N)ccc54)ncn3)cc2s1. The zero-order valence-corrected chi connectivity index (χ0v) is 19.3. The topological polar surface area (TPSA) is 108 Å². The molecule has 2 aromatic carbocycles. The molecule has 2 amide bonds. The van der Waals surface area contributed by atoms with Gasteiger partial charge in [0.15, 0.2) is 0 Å². The number of hydrogen-bond acceptors (Lipinski definition) is 6. The van der Waals surface area contributed by atoms with Crippen molar-refractivity contribution < 1.29 is 9.59 Å². The second-order valence-electron chi connectivity index (χ2n) is 8.29. The number of thiophene rings is 1. The van der Waals surface area contributed by atoms with Crippen LogP contribution in [0, 0.1) is 18.3 Å². The van der Waals surface area contributed by atoms with E-state index in [9.17, 15) is 9.59 Å². The zero-order chi connectivity index (χ0) is 23.7. The van der Waals surface area contributed by atoms with Crippen LogP contribution in [0.2, 0.25) is 0 Å². The van der Waals surface area contributed by atoms with Gasteiger partial charge in [-0.05, 0) is 66.1 Å². The van der Waals surface area contributed by atoms with Gasteiger partial charge in [-0.1, -0.05) is 18.2 Å². The van der Waals surface area contributed by atoms with Crippen LogP contribution in [0.3, 0.4) is 0 Å². The third-order valence-corrected chi connectivity index (χ3v) is 6.96. The predicted molar refractivity (Wildman–Crippen MR) is 129 cm³/mol. The van der Waals surface area contributed by atoms with Crippen molar-refractivity contribution in [3.8, 4) is 6.07 Å². The molecule has 168 valence electrons. The third-order valence-electron chi connectivity index (χ3n) is 5.95. The Kier molecular flexibility index (Phi) is 5.78. The normalized spacial score (nSPS) is 14.4. The highest BCUT2D eigenvalue weighted by Crippen LogP contribution is 2.32. The van der Waals surface area contributed by atoms with Crippen molar-refractivity contribution in [3.63, 3.8) is 0 Å². The first-order chi connectivity index (χ1) is 16.5. The summed E-state index contributed by atoms with van der Waals surface area (Å²) in [5, 5.41) is 16.1. The molecule has 0 aliphatic heterocycles. The van der Waals surface area contributed by atoms with Crippen molar-refractivity contribution in [3.05, 3.63) is 93.4 Å². The molecular formula is C26H21N5O2S. The maximum Gasteiger partial charge on any atom is 0.270 e. The lowest BCUT2D eigenvalue weighted by atomic mass is 10.1. The van der Waals surface area contributed by atoms with Crippen LogP contribution < -0.4 is 10.6 Å². The van der Waals surface area contributed by atoms with Gasteiger partial charge in [0.05, 0.1) is 17.7 Å². The van der Waals surface area contributed by atoms with E-state index >= 15 is 0 Å². The van der Waals surface area contributed by atoms with E-state index in [0.29, 0.717) is 12.1 Å². The molecule has 2 heterocycles. The summed E-state index contributed by atoms with van der Waals surface area (Å²) in [6.45, 7) is 2.44. The molecule has 0 saturated carbocycles. The smallest absolute Gasteiger partial charge is 0.270 e. The molecule has 2 aromatic heterocycles. The van der Waals surface area contributed by atoms with Gasteiger partial charge in [0.2, 0.25) is 0 Å². The first kappa shape index (κ1) is 21.7. The summed E-state index contributed by atoms with van der Waals surface area (Å²) >= 11 is 1.72. The third kappa shape index (κ3) is 4.38. The van der Waals surface area contributed by atoms with Gasteiger partial charge in [-0.2, -0.15) is 5.26 Å². The highest BCUT2D eigenvalue weighted by molar-refractivity contribution is 7.19. The number of nitrogens with zero attached hydrogens (tertiary/aromatic N) is 3. The summed E-state index contributed by atoms with van der Waals surface area (Å²) in [5.41, 5.74) is 3.97. The van der Waals surface area contributed by atoms with Crippen LogP contribution in [0.25, 0.3) is 10.1 Å². The molecule has 0 fully saturated rings. The van der Waals surface area contributed by atoms with Crippen LogP contribution in [0.4, 0.5) is 0 Å². The summed E-state index contributed by atoms with van der Waals surface area (Å²) in [4.78, 5) is 34.8. The fourth-order valence-electron chi connectivity index (χ4n) is 4.27. The lowest BCUT2D eigenvalue weighted by Gasteiger charge is -2.14. The number of aromatic nitrogens is 2. The average molecular weight is 468 g/mol. The lowest BCUT2D eigenvalue weighted by molar-refractivity contribution is 0.0931. The fourth-order valence-corrected chi connectivity index (χ4v) is 5.25. The summed E-state index contributed by atoms with van der Waals surface area (Å²) in [7, 11) is 0. The second-order valence-corrected chi connectivity index (χ2v) is 9.58. The van der Waals surface area contributed by atoms with E-state index in [1.165, 1.54) is 27.4 Å². The van der Waals surface area contributed by atoms with E-state index in [-0.39, 0.29) is 29.2 Å². The molecule has 0 unspecified atom stereocenters. The number of aryl methyl sites for hydroxylation is 2. The number of nitriles is 1. The van der Waals surface area contributed by atoms with Gasteiger partial charge in [-0.3, -0.25) is 9.59 Å². The van der Waals surface area contributed by atoms with Gasteiger partial charge >= 0.3 is 0 Å². The maximum atomic E-state index is 12.8. The molecule has 8 heteroatoms. The Morgan fingerprint density at radius 1 is 1.09 bits per heavy atom. The zero-order valence-electron chi connectivity index (χ0n) is 18.5. The minimum absolute atomic E-state index is 0.137. The number of hydrogen-bond donors (Lipinski definition) is 2. The van der Waals surface area contributed by atoms with E-state index in [0.717, 1.165) is 29.5 Å². The van der Waals surface area contributed by atoms with Crippen molar-refractivity contribution in [2.24, 2.45) is 0 Å². The standard InChI is InChI=1S/C26H21N5O2S/c1-15-8-19-4-2-17(10-24(19)34-15)13-28-25(32)22-11-23(30-14-29-22)26(33)31-21-7-5-18-9-16(12-27)3-6-20(18)21/h2-4,6,8-11,14,21H,5,7,13H2,1H3,(H,28,32)(H,31,33)/t21-/m1/s1. The number of nitrogens with one attached hydrogen (secondary N) is 2. The molecular weight excluding hydrogens is 446 g/mol. The molecule has 0 spiro atoms. The molecule has 4 aromatic rings. The summed E-state index contributed by atoms with van der Waals surface area (Å²) in [6.07, 6.45) is 2.78. The van der Waals surface area contributed by atoms with Gasteiger partial charge in [-0.15, -0.1) is 11.3 Å².